The number of hydrogen-bond donors (Lipinski definition) is 0. The fourth-order valence-corrected chi connectivity index (χ4v) is 3.43. The molecule has 0 saturated heterocycles. The molecule has 29 heavy (non-hydrogen) atoms. The van der Waals surface area contributed by atoms with Crippen molar-refractivity contribution in [1.82, 2.24) is 5.01 Å². The summed E-state index contributed by atoms with van der Waals surface area (Å²) in [5.41, 5.74) is 2.52. The van der Waals surface area contributed by atoms with Crippen molar-refractivity contribution in [3.8, 4) is 23.0 Å². The second-order valence-electron chi connectivity index (χ2n) is 6.54. The van der Waals surface area contributed by atoms with Crippen LogP contribution in [0.5, 0.6) is 23.0 Å². The minimum absolute atomic E-state index is 0.0599. The van der Waals surface area contributed by atoms with E-state index in [9.17, 15) is 4.79 Å². The molecule has 0 spiro atoms. The molecule has 1 unspecified atom stereocenters. The number of amides is 1. The molecule has 0 bridgehead atoms. The third kappa shape index (κ3) is 3.99. The highest BCUT2D eigenvalue weighted by molar-refractivity contribution is 6.03. The first-order chi connectivity index (χ1) is 14.1. The van der Waals surface area contributed by atoms with Crippen molar-refractivity contribution in [2.24, 2.45) is 5.10 Å². The number of rotatable bonds is 7. The summed E-state index contributed by atoms with van der Waals surface area (Å²) < 4.78 is 21.7. The maximum absolute atomic E-state index is 12.7. The van der Waals surface area contributed by atoms with E-state index in [1.54, 1.807) is 33.4 Å². The highest BCUT2D eigenvalue weighted by Gasteiger charge is 2.34. The van der Waals surface area contributed by atoms with Crippen molar-refractivity contribution in [2.75, 3.05) is 28.4 Å². The Balaban J connectivity index is 2.03. The summed E-state index contributed by atoms with van der Waals surface area (Å²) >= 11 is 0. The van der Waals surface area contributed by atoms with Gasteiger partial charge in [-0.25, -0.2) is 5.01 Å². The van der Waals surface area contributed by atoms with Crippen LogP contribution in [0.4, 0.5) is 0 Å². The summed E-state index contributed by atoms with van der Waals surface area (Å²) in [6, 6.07) is 10.9. The van der Waals surface area contributed by atoms with Crippen molar-refractivity contribution in [2.45, 2.75) is 25.8 Å². The van der Waals surface area contributed by atoms with Gasteiger partial charge in [0, 0.05) is 24.0 Å². The van der Waals surface area contributed by atoms with Gasteiger partial charge in [-0.05, 0) is 36.4 Å². The van der Waals surface area contributed by atoms with Crippen molar-refractivity contribution in [3.05, 3.63) is 47.5 Å². The topological polar surface area (TPSA) is 69.6 Å². The molecule has 1 aliphatic heterocycles. The molecule has 0 N–H and O–H groups in total. The highest BCUT2D eigenvalue weighted by Crippen LogP contribution is 2.40. The first-order valence-corrected chi connectivity index (χ1v) is 9.40. The van der Waals surface area contributed by atoms with E-state index in [1.165, 1.54) is 0 Å². The van der Waals surface area contributed by atoms with Crippen molar-refractivity contribution < 1.29 is 23.7 Å². The number of nitrogens with zero attached hydrogens (tertiary/aromatic N) is 2. The van der Waals surface area contributed by atoms with Gasteiger partial charge in [-0.1, -0.05) is 6.92 Å². The number of ether oxygens (including phenoxy) is 4. The van der Waals surface area contributed by atoms with Gasteiger partial charge in [-0.15, -0.1) is 0 Å². The SMILES string of the molecule is CCC(=O)N1N=C(c2ccc(OC)c(OC)c2)CC1c1cc(OC)ccc1OC. The molecule has 1 heterocycles. The molecule has 0 fully saturated rings. The average molecular weight is 398 g/mol. The third-order valence-corrected chi connectivity index (χ3v) is 4.98. The van der Waals surface area contributed by atoms with Gasteiger partial charge in [-0.2, -0.15) is 5.10 Å². The molecule has 0 radical (unpaired) electrons. The standard InChI is InChI=1S/C22H26N2O5/c1-6-22(25)24-18(16-12-15(26-2)8-10-19(16)27-3)13-17(23-24)14-7-9-20(28-4)21(11-14)29-5/h7-12,18H,6,13H2,1-5H3. The predicted molar refractivity (Wildman–Crippen MR) is 110 cm³/mol. The number of carbonyl (C=O) groups excluding carboxylic acids is 1. The van der Waals surface area contributed by atoms with E-state index >= 15 is 0 Å². The van der Waals surface area contributed by atoms with E-state index < -0.39 is 0 Å². The van der Waals surface area contributed by atoms with E-state index in [4.69, 9.17) is 18.9 Å². The Hall–Kier alpha value is -3.22. The molecule has 0 saturated carbocycles. The van der Waals surface area contributed by atoms with Gasteiger partial charge < -0.3 is 18.9 Å². The first-order valence-electron chi connectivity index (χ1n) is 9.40. The summed E-state index contributed by atoms with van der Waals surface area (Å²) in [5, 5.41) is 6.20. The largest absolute Gasteiger partial charge is 0.497 e. The lowest BCUT2D eigenvalue weighted by atomic mass is 9.97. The molecule has 2 aromatic rings. The zero-order chi connectivity index (χ0) is 21.0. The van der Waals surface area contributed by atoms with E-state index in [0.29, 0.717) is 35.8 Å². The average Bonchev–Trinajstić information content (AvgIpc) is 3.22. The van der Waals surface area contributed by atoms with Crippen LogP contribution in [0.1, 0.15) is 36.9 Å². The fraction of sp³-hybridized carbons (Fsp3) is 0.364. The summed E-state index contributed by atoms with van der Waals surface area (Å²) in [5.74, 6) is 2.58. The Morgan fingerprint density at radius 1 is 0.966 bits per heavy atom. The van der Waals surface area contributed by atoms with Gasteiger partial charge >= 0.3 is 0 Å². The molecule has 3 rings (SSSR count). The number of carbonyl (C=O) groups is 1. The number of hydrogen-bond acceptors (Lipinski definition) is 6. The number of methoxy groups -OCH3 is 4. The lowest BCUT2D eigenvalue weighted by molar-refractivity contribution is -0.132. The van der Waals surface area contributed by atoms with Crippen LogP contribution in [-0.4, -0.2) is 45.1 Å². The van der Waals surface area contributed by atoms with Crippen LogP contribution in [0.3, 0.4) is 0 Å². The maximum atomic E-state index is 12.7. The van der Waals surface area contributed by atoms with Gasteiger partial charge in [0.05, 0.1) is 40.2 Å². The molecular formula is C22H26N2O5. The van der Waals surface area contributed by atoms with Crippen LogP contribution in [0.15, 0.2) is 41.5 Å². The second kappa shape index (κ2) is 8.86. The molecule has 154 valence electrons. The predicted octanol–water partition coefficient (Wildman–Crippen LogP) is 3.81. The van der Waals surface area contributed by atoms with Crippen molar-refractivity contribution in [1.29, 1.82) is 0 Å². The Bertz CT molecular complexity index is 925. The lowest BCUT2D eigenvalue weighted by Gasteiger charge is -2.23. The van der Waals surface area contributed by atoms with E-state index in [2.05, 4.69) is 5.10 Å². The smallest absolute Gasteiger partial charge is 0.242 e. The molecule has 0 aliphatic carbocycles. The van der Waals surface area contributed by atoms with E-state index in [0.717, 1.165) is 16.8 Å². The third-order valence-electron chi connectivity index (χ3n) is 4.98. The molecule has 1 amide bonds. The van der Waals surface area contributed by atoms with Gasteiger partial charge in [0.1, 0.15) is 11.5 Å². The first kappa shape index (κ1) is 20.5. The number of benzene rings is 2. The minimum atomic E-state index is -0.282. The lowest BCUT2D eigenvalue weighted by Crippen LogP contribution is -2.26. The van der Waals surface area contributed by atoms with Crippen molar-refractivity contribution >= 4 is 11.6 Å². The Morgan fingerprint density at radius 2 is 1.66 bits per heavy atom. The minimum Gasteiger partial charge on any atom is -0.497 e. The van der Waals surface area contributed by atoms with Crippen LogP contribution < -0.4 is 18.9 Å². The maximum Gasteiger partial charge on any atom is 0.242 e. The van der Waals surface area contributed by atoms with Crippen LogP contribution in [0.2, 0.25) is 0 Å². The fourth-order valence-electron chi connectivity index (χ4n) is 3.43. The van der Waals surface area contributed by atoms with Gasteiger partial charge in [-0.3, -0.25) is 4.79 Å². The zero-order valence-electron chi connectivity index (χ0n) is 17.4. The van der Waals surface area contributed by atoms with Crippen LogP contribution in [-0.2, 0) is 4.79 Å². The quantitative estimate of drug-likeness (QED) is 0.709. The Labute approximate surface area is 170 Å². The second-order valence-corrected chi connectivity index (χ2v) is 6.54. The van der Waals surface area contributed by atoms with Gasteiger partial charge in [0.25, 0.3) is 0 Å². The van der Waals surface area contributed by atoms with E-state index in [1.807, 2.05) is 43.3 Å². The molecule has 1 atom stereocenters. The van der Waals surface area contributed by atoms with E-state index in [-0.39, 0.29) is 11.9 Å². The normalized spacial score (nSPS) is 15.7. The van der Waals surface area contributed by atoms with Crippen LogP contribution in [0.25, 0.3) is 0 Å². The Kier molecular flexibility index (Phi) is 6.26. The van der Waals surface area contributed by atoms with Crippen LogP contribution >= 0.6 is 0 Å². The zero-order valence-corrected chi connectivity index (χ0v) is 17.4. The molecule has 1 aliphatic rings. The molecular weight excluding hydrogens is 372 g/mol. The summed E-state index contributed by atoms with van der Waals surface area (Å²) in [7, 11) is 6.41. The Morgan fingerprint density at radius 3 is 2.28 bits per heavy atom. The summed E-state index contributed by atoms with van der Waals surface area (Å²) in [6.07, 6.45) is 0.899. The van der Waals surface area contributed by atoms with Crippen molar-refractivity contribution in [3.63, 3.8) is 0 Å². The molecule has 7 nitrogen and oxygen atoms in total. The number of hydrazone groups is 1. The summed E-state index contributed by atoms with van der Waals surface area (Å²) in [6.45, 7) is 1.83. The molecule has 7 heteroatoms. The van der Waals surface area contributed by atoms with Gasteiger partial charge in [0.15, 0.2) is 11.5 Å². The highest BCUT2D eigenvalue weighted by atomic mass is 16.5. The molecule has 2 aromatic carbocycles. The summed E-state index contributed by atoms with van der Waals surface area (Å²) in [4.78, 5) is 12.7. The monoisotopic (exact) mass is 398 g/mol. The van der Waals surface area contributed by atoms with Crippen LogP contribution in [0, 0.1) is 0 Å². The molecule has 0 aromatic heterocycles. The van der Waals surface area contributed by atoms with Gasteiger partial charge in [0.2, 0.25) is 5.91 Å².